The second-order valence-corrected chi connectivity index (χ2v) is 5.88. The number of urea groups is 1. The number of nitrogens with one attached hydrogen (secondary N) is 2. The van der Waals surface area contributed by atoms with Crippen molar-refractivity contribution in [2.45, 2.75) is 6.92 Å². The number of nitrogens with zero attached hydrogens (tertiary/aromatic N) is 4. The molecule has 3 aromatic rings. The highest BCUT2D eigenvalue weighted by molar-refractivity contribution is 6.30. The molecule has 1 aromatic heterocycles. The van der Waals surface area contributed by atoms with Gasteiger partial charge >= 0.3 is 6.03 Å². The summed E-state index contributed by atoms with van der Waals surface area (Å²) in [6.07, 6.45) is 1.49. The number of anilines is 1. The average molecular weight is 373 g/mol. The largest absolute Gasteiger partial charge is 0.492 e. The molecule has 0 saturated carbocycles. The zero-order valence-electron chi connectivity index (χ0n) is 14.0. The lowest BCUT2D eigenvalue weighted by Crippen LogP contribution is -2.32. The van der Waals surface area contributed by atoms with Crippen LogP contribution in [-0.2, 0) is 0 Å². The van der Waals surface area contributed by atoms with Crippen LogP contribution in [0.4, 0.5) is 10.5 Å². The summed E-state index contributed by atoms with van der Waals surface area (Å²) in [4.78, 5) is 12.1. The Hall–Kier alpha value is -3.13. The van der Waals surface area contributed by atoms with E-state index >= 15 is 0 Å². The summed E-state index contributed by atoms with van der Waals surface area (Å²) in [6, 6.07) is 12.3. The van der Waals surface area contributed by atoms with Gasteiger partial charge in [-0.1, -0.05) is 23.7 Å². The van der Waals surface area contributed by atoms with Crippen molar-refractivity contribution in [3.05, 3.63) is 59.4 Å². The number of hydrogen-bond donors (Lipinski definition) is 2. The monoisotopic (exact) mass is 372 g/mol. The smallest absolute Gasteiger partial charge is 0.319 e. The fourth-order valence-corrected chi connectivity index (χ4v) is 2.40. The van der Waals surface area contributed by atoms with E-state index in [9.17, 15) is 4.79 Å². The maximum atomic E-state index is 12.1. The fourth-order valence-electron chi connectivity index (χ4n) is 2.22. The Morgan fingerprint density at radius 1 is 1.27 bits per heavy atom. The molecule has 0 aliphatic heterocycles. The van der Waals surface area contributed by atoms with Gasteiger partial charge in [0.05, 0.1) is 12.2 Å². The van der Waals surface area contributed by atoms with Gasteiger partial charge in [0.1, 0.15) is 18.7 Å². The molecule has 0 atom stereocenters. The maximum absolute atomic E-state index is 12.1. The van der Waals surface area contributed by atoms with Crippen molar-refractivity contribution in [1.82, 2.24) is 25.5 Å². The first-order valence-corrected chi connectivity index (χ1v) is 8.27. The Morgan fingerprint density at radius 2 is 2.15 bits per heavy atom. The van der Waals surface area contributed by atoms with Crippen LogP contribution in [0.5, 0.6) is 5.75 Å². The van der Waals surface area contributed by atoms with E-state index in [1.807, 2.05) is 19.1 Å². The lowest BCUT2D eigenvalue weighted by atomic mass is 10.2. The lowest BCUT2D eigenvalue weighted by molar-refractivity contribution is 0.247. The number of halogens is 1. The van der Waals surface area contributed by atoms with Crippen molar-refractivity contribution in [2.24, 2.45) is 0 Å². The lowest BCUT2D eigenvalue weighted by Gasteiger charge is -2.12. The van der Waals surface area contributed by atoms with E-state index in [1.54, 1.807) is 30.3 Å². The molecule has 134 valence electrons. The van der Waals surface area contributed by atoms with Crippen LogP contribution in [0.15, 0.2) is 48.8 Å². The van der Waals surface area contributed by atoms with Gasteiger partial charge in [0.25, 0.3) is 0 Å². The third kappa shape index (κ3) is 4.70. The molecule has 0 spiro atoms. The van der Waals surface area contributed by atoms with Gasteiger partial charge in [-0.2, -0.15) is 0 Å². The molecule has 26 heavy (non-hydrogen) atoms. The molecule has 9 heteroatoms. The molecule has 2 aromatic carbocycles. The standard InChI is InChI=1S/C17H17ClN6O2/c1-12-5-6-14(24-11-20-22-23-24)10-16(12)21-17(25)19-7-8-26-15-4-2-3-13(18)9-15/h2-6,9-11H,7-8H2,1H3,(H2,19,21,25). The van der Waals surface area contributed by atoms with Crippen LogP contribution in [0.2, 0.25) is 5.02 Å². The minimum atomic E-state index is -0.323. The molecule has 2 N–H and O–H groups in total. The number of ether oxygens (including phenoxy) is 1. The molecular weight excluding hydrogens is 356 g/mol. The van der Waals surface area contributed by atoms with Gasteiger partial charge in [-0.05, 0) is 53.2 Å². The van der Waals surface area contributed by atoms with Crippen molar-refractivity contribution in [1.29, 1.82) is 0 Å². The number of aryl methyl sites for hydroxylation is 1. The van der Waals surface area contributed by atoms with E-state index < -0.39 is 0 Å². The molecule has 2 amide bonds. The average Bonchev–Trinajstić information content (AvgIpc) is 3.15. The predicted octanol–water partition coefficient (Wildman–Crippen LogP) is 2.82. The van der Waals surface area contributed by atoms with Gasteiger partial charge in [-0.25, -0.2) is 9.48 Å². The summed E-state index contributed by atoms with van der Waals surface area (Å²) in [5.41, 5.74) is 2.35. The van der Waals surface area contributed by atoms with Crippen LogP contribution in [0.3, 0.4) is 0 Å². The molecule has 0 aliphatic carbocycles. The van der Waals surface area contributed by atoms with Crippen LogP contribution in [0.25, 0.3) is 5.69 Å². The van der Waals surface area contributed by atoms with E-state index in [2.05, 4.69) is 26.2 Å². The number of tetrazole rings is 1. The van der Waals surface area contributed by atoms with Crippen LogP contribution in [0.1, 0.15) is 5.56 Å². The molecule has 0 saturated heterocycles. The Bertz CT molecular complexity index is 885. The van der Waals surface area contributed by atoms with Crippen molar-refractivity contribution in [3.8, 4) is 11.4 Å². The molecule has 0 unspecified atom stereocenters. The molecule has 1 heterocycles. The Labute approximate surface area is 155 Å². The van der Waals surface area contributed by atoms with Crippen LogP contribution in [0, 0.1) is 6.92 Å². The van der Waals surface area contributed by atoms with Crippen molar-refractivity contribution in [3.63, 3.8) is 0 Å². The maximum Gasteiger partial charge on any atom is 0.319 e. The quantitative estimate of drug-likeness (QED) is 0.649. The molecule has 3 rings (SSSR count). The van der Waals surface area contributed by atoms with Gasteiger partial charge in [0, 0.05) is 10.7 Å². The van der Waals surface area contributed by atoms with E-state index in [0.29, 0.717) is 29.6 Å². The predicted molar refractivity (Wildman–Crippen MR) is 97.9 cm³/mol. The van der Waals surface area contributed by atoms with Gasteiger partial charge in [-0.3, -0.25) is 0 Å². The first-order valence-electron chi connectivity index (χ1n) is 7.89. The highest BCUT2D eigenvalue weighted by Crippen LogP contribution is 2.19. The highest BCUT2D eigenvalue weighted by Gasteiger charge is 2.07. The van der Waals surface area contributed by atoms with E-state index in [1.165, 1.54) is 11.0 Å². The first-order chi connectivity index (χ1) is 12.6. The second kappa shape index (κ2) is 8.30. The molecule has 0 radical (unpaired) electrons. The Morgan fingerprint density at radius 3 is 2.92 bits per heavy atom. The third-order valence-corrected chi connectivity index (χ3v) is 3.77. The van der Waals surface area contributed by atoms with Crippen molar-refractivity contribution >= 4 is 23.3 Å². The summed E-state index contributed by atoms with van der Waals surface area (Å²) >= 11 is 5.89. The number of carbonyl (C=O) groups is 1. The fraction of sp³-hybridized carbons (Fsp3) is 0.176. The summed E-state index contributed by atoms with van der Waals surface area (Å²) in [5.74, 6) is 0.657. The highest BCUT2D eigenvalue weighted by atomic mass is 35.5. The summed E-state index contributed by atoms with van der Waals surface area (Å²) in [7, 11) is 0. The van der Waals surface area contributed by atoms with Crippen LogP contribution < -0.4 is 15.4 Å². The Balaban J connectivity index is 1.51. The number of amides is 2. The van der Waals surface area contributed by atoms with Gasteiger partial charge in [-0.15, -0.1) is 5.10 Å². The van der Waals surface area contributed by atoms with E-state index in [4.69, 9.17) is 16.3 Å². The van der Waals surface area contributed by atoms with Gasteiger partial charge in [0.15, 0.2) is 0 Å². The number of rotatable bonds is 6. The number of carbonyl (C=O) groups excluding carboxylic acids is 1. The Kier molecular flexibility index (Phi) is 5.65. The van der Waals surface area contributed by atoms with Crippen LogP contribution >= 0.6 is 11.6 Å². The van der Waals surface area contributed by atoms with Crippen molar-refractivity contribution in [2.75, 3.05) is 18.5 Å². The van der Waals surface area contributed by atoms with Gasteiger partial charge in [0.2, 0.25) is 0 Å². The summed E-state index contributed by atoms with van der Waals surface area (Å²) in [5, 5.41) is 17.2. The second-order valence-electron chi connectivity index (χ2n) is 5.44. The normalized spacial score (nSPS) is 10.4. The minimum Gasteiger partial charge on any atom is -0.492 e. The molecular formula is C17H17ClN6O2. The van der Waals surface area contributed by atoms with E-state index in [0.717, 1.165) is 11.3 Å². The zero-order valence-corrected chi connectivity index (χ0v) is 14.8. The summed E-state index contributed by atoms with van der Waals surface area (Å²) in [6.45, 7) is 2.59. The molecule has 8 nitrogen and oxygen atoms in total. The number of benzene rings is 2. The first kappa shape index (κ1) is 17.7. The summed E-state index contributed by atoms with van der Waals surface area (Å²) < 4.78 is 7.04. The van der Waals surface area contributed by atoms with Gasteiger partial charge < -0.3 is 15.4 Å². The molecule has 0 fully saturated rings. The zero-order chi connectivity index (χ0) is 18.4. The number of aromatic nitrogens is 4. The third-order valence-electron chi connectivity index (χ3n) is 3.54. The van der Waals surface area contributed by atoms with E-state index in [-0.39, 0.29) is 6.03 Å². The number of hydrogen-bond acceptors (Lipinski definition) is 5. The minimum absolute atomic E-state index is 0.323. The SMILES string of the molecule is Cc1ccc(-n2cnnn2)cc1NC(=O)NCCOc1cccc(Cl)c1. The van der Waals surface area contributed by atoms with Crippen molar-refractivity contribution < 1.29 is 9.53 Å². The van der Waals surface area contributed by atoms with Crippen LogP contribution in [-0.4, -0.2) is 39.4 Å². The topological polar surface area (TPSA) is 94.0 Å². The molecule has 0 bridgehead atoms. The molecule has 0 aliphatic rings.